The third-order valence-electron chi connectivity index (χ3n) is 3.97. The summed E-state index contributed by atoms with van der Waals surface area (Å²) in [7, 11) is 1.05. The van der Waals surface area contributed by atoms with Crippen molar-refractivity contribution >= 4 is 33.8 Å². The van der Waals surface area contributed by atoms with Crippen LogP contribution in [0.15, 0.2) is 22.4 Å². The summed E-state index contributed by atoms with van der Waals surface area (Å²) in [5, 5.41) is -1.74. The summed E-state index contributed by atoms with van der Waals surface area (Å²) in [6, 6.07) is -2.62. The summed E-state index contributed by atoms with van der Waals surface area (Å²) < 4.78 is 74.5. The summed E-state index contributed by atoms with van der Waals surface area (Å²) in [4.78, 5) is 25.3. The molecule has 11 heteroatoms. The van der Waals surface area contributed by atoms with E-state index in [1.54, 1.807) is 13.8 Å². The second-order valence-electron chi connectivity index (χ2n) is 6.37. The quantitative estimate of drug-likeness (QED) is 0.537. The Morgan fingerprint density at radius 3 is 2.04 bits per heavy atom. The van der Waals surface area contributed by atoms with Crippen molar-refractivity contribution in [3.8, 4) is 0 Å². The van der Waals surface area contributed by atoms with E-state index < -0.39 is 52.4 Å². The van der Waals surface area contributed by atoms with Gasteiger partial charge in [-0.3, -0.25) is 9.59 Å². The number of carbonyl (C=O) groups is 2. The first-order valence-electron chi connectivity index (χ1n) is 8.16. The molecule has 1 aliphatic rings. The topological polar surface area (TPSA) is 46.6 Å². The highest BCUT2D eigenvalue weighted by atomic mass is 32.2. The van der Waals surface area contributed by atoms with E-state index in [4.69, 9.17) is 4.74 Å². The zero-order valence-corrected chi connectivity index (χ0v) is 17.7. The van der Waals surface area contributed by atoms with Crippen molar-refractivity contribution in [1.29, 1.82) is 0 Å². The molecule has 0 spiro atoms. The normalized spacial score (nSPS) is 18.6. The van der Waals surface area contributed by atoms with E-state index in [0.717, 1.165) is 7.11 Å². The second-order valence-corrected chi connectivity index (χ2v) is 7.92. The predicted molar refractivity (Wildman–Crippen MR) is 100 cm³/mol. The minimum atomic E-state index is -5.03. The highest BCUT2D eigenvalue weighted by Gasteiger charge is 2.54. The smallest absolute Gasteiger partial charge is 0.364 e. The van der Waals surface area contributed by atoms with Crippen LogP contribution < -0.4 is 0 Å². The molecule has 4 nitrogen and oxygen atoms in total. The maximum absolute atomic E-state index is 14.0. The molecule has 1 aliphatic heterocycles. The van der Waals surface area contributed by atoms with Crippen LogP contribution in [0.1, 0.15) is 20.3 Å². The number of ether oxygens (including phenoxy) is 1. The minimum absolute atomic E-state index is 0.118. The van der Waals surface area contributed by atoms with Crippen molar-refractivity contribution in [1.82, 2.24) is 4.90 Å². The van der Waals surface area contributed by atoms with Crippen molar-refractivity contribution in [2.45, 2.75) is 38.9 Å². The molecule has 0 aliphatic carbocycles. The Hall–Kier alpha value is -1.07. The molecule has 0 aromatic rings. The van der Waals surface area contributed by atoms with E-state index in [0.29, 0.717) is 23.5 Å². The molecule has 160 valence electrons. The Morgan fingerprint density at radius 1 is 1.14 bits per heavy atom. The molecular formula is C17H22F5NO3S2. The molecule has 0 aromatic heterocycles. The zero-order valence-electron chi connectivity index (χ0n) is 16.0. The first-order valence-corrected chi connectivity index (χ1v) is 10.6. The fourth-order valence-corrected chi connectivity index (χ4v) is 3.93. The van der Waals surface area contributed by atoms with Gasteiger partial charge >= 0.3 is 6.18 Å². The Kier molecular flexibility index (Phi) is 9.01. The number of halogens is 5. The predicted octanol–water partition coefficient (Wildman–Crippen LogP) is 4.48. The third kappa shape index (κ3) is 5.29. The first-order chi connectivity index (χ1) is 12.9. The molecule has 28 heavy (non-hydrogen) atoms. The van der Waals surface area contributed by atoms with Gasteiger partial charge in [0.2, 0.25) is 10.2 Å². The van der Waals surface area contributed by atoms with Crippen LogP contribution in [0.2, 0.25) is 0 Å². The summed E-state index contributed by atoms with van der Waals surface area (Å²) in [5.41, 5.74) is -2.55. The van der Waals surface area contributed by atoms with Gasteiger partial charge in [-0.05, 0) is 30.4 Å². The monoisotopic (exact) mass is 447 g/mol. The molecule has 0 amide bonds. The molecule has 1 unspecified atom stereocenters. The molecule has 1 rings (SSSR count). The largest absolute Gasteiger partial charge is 0.413 e. The number of allylic oxidation sites excluding steroid dienone is 2. The number of alkyl halides is 5. The lowest BCUT2D eigenvalue weighted by Gasteiger charge is -2.42. The lowest BCUT2D eigenvalue weighted by molar-refractivity contribution is -0.182. The maximum Gasteiger partial charge on any atom is 0.413 e. The van der Waals surface area contributed by atoms with Gasteiger partial charge in [0.05, 0.1) is 11.3 Å². The SMILES string of the molecule is COCN1C(C(F)F)=C(C(=O)SC)C(CC(C)C)=C(C(=O)SC)C1C(F)(F)F. The van der Waals surface area contributed by atoms with Crippen LogP contribution in [0.25, 0.3) is 0 Å². The molecule has 0 aromatic carbocycles. The Balaban J connectivity index is 4.05. The van der Waals surface area contributed by atoms with Crippen LogP contribution >= 0.6 is 23.5 Å². The second kappa shape index (κ2) is 10.1. The number of thioether (sulfide) groups is 2. The number of rotatable bonds is 7. The van der Waals surface area contributed by atoms with Gasteiger partial charge < -0.3 is 9.64 Å². The fourth-order valence-electron chi connectivity index (χ4n) is 3.05. The van der Waals surface area contributed by atoms with Gasteiger partial charge in [0.25, 0.3) is 6.43 Å². The molecule has 0 N–H and O–H groups in total. The van der Waals surface area contributed by atoms with Gasteiger partial charge in [-0.25, -0.2) is 8.78 Å². The van der Waals surface area contributed by atoms with Crippen LogP contribution in [-0.2, 0) is 14.3 Å². The Bertz CT molecular complexity index is 674. The summed E-state index contributed by atoms with van der Waals surface area (Å²) in [5.74, 6) is -0.272. The van der Waals surface area contributed by atoms with Crippen LogP contribution in [0.4, 0.5) is 22.0 Å². The fraction of sp³-hybridized carbons (Fsp3) is 0.647. The first kappa shape index (κ1) is 25.0. The van der Waals surface area contributed by atoms with Crippen molar-refractivity contribution < 1.29 is 36.3 Å². The van der Waals surface area contributed by atoms with Crippen LogP contribution in [0.3, 0.4) is 0 Å². The van der Waals surface area contributed by atoms with E-state index >= 15 is 0 Å². The average Bonchev–Trinajstić information content (AvgIpc) is 2.58. The number of nitrogens with zero attached hydrogens (tertiary/aromatic N) is 1. The summed E-state index contributed by atoms with van der Waals surface area (Å²) >= 11 is 1.14. The Morgan fingerprint density at radius 2 is 1.68 bits per heavy atom. The lowest BCUT2D eigenvalue weighted by Crippen LogP contribution is -2.53. The molecule has 0 saturated carbocycles. The van der Waals surface area contributed by atoms with Crippen molar-refractivity contribution in [3.05, 3.63) is 22.4 Å². The van der Waals surface area contributed by atoms with E-state index in [2.05, 4.69) is 0 Å². The Labute approximate surface area is 168 Å². The summed E-state index contributed by atoms with van der Waals surface area (Å²) in [6.07, 6.45) is -5.86. The van der Waals surface area contributed by atoms with Crippen molar-refractivity contribution in [2.75, 3.05) is 26.4 Å². The van der Waals surface area contributed by atoms with Gasteiger partial charge in [0.1, 0.15) is 6.73 Å². The molecular weight excluding hydrogens is 425 g/mol. The highest BCUT2D eigenvalue weighted by Crippen LogP contribution is 2.45. The zero-order chi connectivity index (χ0) is 21.8. The van der Waals surface area contributed by atoms with Crippen LogP contribution in [0.5, 0.6) is 0 Å². The maximum atomic E-state index is 14.0. The van der Waals surface area contributed by atoms with Gasteiger partial charge in [0, 0.05) is 12.7 Å². The van der Waals surface area contributed by atoms with Gasteiger partial charge in [0.15, 0.2) is 6.04 Å². The van der Waals surface area contributed by atoms with Crippen LogP contribution in [-0.4, -0.2) is 60.1 Å². The lowest BCUT2D eigenvalue weighted by atomic mass is 9.84. The number of methoxy groups -OCH3 is 1. The van der Waals surface area contributed by atoms with E-state index in [1.807, 2.05) is 0 Å². The van der Waals surface area contributed by atoms with Gasteiger partial charge in [-0.1, -0.05) is 37.4 Å². The van der Waals surface area contributed by atoms with Crippen LogP contribution in [0, 0.1) is 5.92 Å². The minimum Gasteiger partial charge on any atom is -0.364 e. The van der Waals surface area contributed by atoms with E-state index in [-0.39, 0.29) is 22.8 Å². The molecule has 0 saturated heterocycles. The highest BCUT2D eigenvalue weighted by molar-refractivity contribution is 8.13. The molecule has 0 radical (unpaired) electrons. The number of carbonyl (C=O) groups excluding carboxylic acids is 2. The van der Waals surface area contributed by atoms with E-state index in [1.165, 1.54) is 12.5 Å². The van der Waals surface area contributed by atoms with Crippen molar-refractivity contribution in [2.24, 2.45) is 5.92 Å². The van der Waals surface area contributed by atoms with Gasteiger partial charge in [-0.2, -0.15) is 13.2 Å². The molecule has 0 fully saturated rings. The standard InChI is InChI=1S/C17H22F5NO3S2/c1-8(2)6-9-10(15(24)27-4)12(14(18)19)23(7-26-3)13(17(20,21)22)11(9)16(25)28-5/h8,13-14H,6-7H2,1-5H3. The number of hydrogen-bond donors (Lipinski definition) is 0. The molecule has 1 atom stereocenters. The average molecular weight is 447 g/mol. The third-order valence-corrected chi connectivity index (χ3v) is 5.14. The van der Waals surface area contributed by atoms with Gasteiger partial charge in [-0.15, -0.1) is 0 Å². The molecule has 1 heterocycles. The summed E-state index contributed by atoms with van der Waals surface area (Å²) in [6.45, 7) is 2.48. The van der Waals surface area contributed by atoms with E-state index in [9.17, 15) is 31.5 Å². The van der Waals surface area contributed by atoms with Crippen molar-refractivity contribution in [3.63, 3.8) is 0 Å². The molecule has 0 bridgehead atoms. The number of hydrogen-bond acceptors (Lipinski definition) is 6.